The summed E-state index contributed by atoms with van der Waals surface area (Å²) >= 11 is 0. The molecule has 2 rings (SSSR count). The maximum absolute atomic E-state index is 11.9. The molecule has 0 aliphatic rings. The number of hydrogen-bond acceptors (Lipinski definition) is 2. The van der Waals surface area contributed by atoms with Gasteiger partial charge in [0.1, 0.15) is 0 Å². The first-order valence-corrected chi connectivity index (χ1v) is 6.22. The van der Waals surface area contributed by atoms with Crippen molar-refractivity contribution in [1.82, 2.24) is 0 Å². The molecular weight excluding hydrogens is 268 g/mol. The van der Waals surface area contributed by atoms with E-state index < -0.39 is 12.0 Å². The molecule has 2 amide bonds. The monoisotopic (exact) mass is 282 g/mol. The summed E-state index contributed by atoms with van der Waals surface area (Å²) in [5.41, 5.74) is 1.32. The average molecular weight is 282 g/mol. The fourth-order valence-corrected chi connectivity index (χ4v) is 1.78. The predicted molar refractivity (Wildman–Crippen MR) is 82.2 cm³/mol. The summed E-state index contributed by atoms with van der Waals surface area (Å²) in [6, 6.07) is 15.1. The van der Waals surface area contributed by atoms with Crippen molar-refractivity contribution in [3.63, 3.8) is 0 Å². The zero-order valence-electron chi connectivity index (χ0n) is 11.2. The summed E-state index contributed by atoms with van der Waals surface area (Å²) in [5.74, 6) is -1.13. The van der Waals surface area contributed by atoms with E-state index in [-0.39, 0.29) is 5.57 Å². The lowest BCUT2D eigenvalue weighted by molar-refractivity contribution is -0.130. The van der Waals surface area contributed by atoms with Gasteiger partial charge in [-0.1, -0.05) is 43.0 Å². The Morgan fingerprint density at radius 2 is 1.52 bits per heavy atom. The van der Waals surface area contributed by atoms with Crippen LogP contribution in [0.3, 0.4) is 0 Å². The van der Waals surface area contributed by atoms with Crippen molar-refractivity contribution in [2.45, 2.75) is 0 Å². The van der Waals surface area contributed by atoms with Crippen LogP contribution in [0.4, 0.5) is 16.2 Å². The topological polar surface area (TPSA) is 78.4 Å². The van der Waals surface area contributed by atoms with E-state index in [9.17, 15) is 9.59 Å². The van der Waals surface area contributed by atoms with Gasteiger partial charge in [-0.25, -0.2) is 9.59 Å². The van der Waals surface area contributed by atoms with Gasteiger partial charge in [-0.05, 0) is 18.2 Å². The lowest BCUT2D eigenvalue weighted by atomic mass is 10.1. The minimum Gasteiger partial charge on any atom is -0.478 e. The molecule has 0 fully saturated rings. The molecule has 0 aliphatic heterocycles. The van der Waals surface area contributed by atoms with Crippen LogP contribution < -0.4 is 10.6 Å². The van der Waals surface area contributed by atoms with E-state index in [1.54, 1.807) is 48.5 Å². The van der Waals surface area contributed by atoms with Crippen molar-refractivity contribution in [2.75, 3.05) is 10.6 Å². The maximum Gasteiger partial charge on any atom is 0.335 e. The molecule has 0 bridgehead atoms. The zero-order valence-corrected chi connectivity index (χ0v) is 11.2. The molecule has 0 spiro atoms. The lowest BCUT2D eigenvalue weighted by Gasteiger charge is -2.11. The second-order valence-electron chi connectivity index (χ2n) is 4.27. The Hall–Kier alpha value is -3.08. The number of rotatable bonds is 4. The highest BCUT2D eigenvalue weighted by molar-refractivity contribution is 6.17. The summed E-state index contributed by atoms with van der Waals surface area (Å²) in [6.07, 6.45) is 0. The third-order valence-corrected chi connectivity index (χ3v) is 2.79. The second kappa shape index (κ2) is 6.38. The summed E-state index contributed by atoms with van der Waals surface area (Å²) in [6.45, 7) is 3.51. The fourth-order valence-electron chi connectivity index (χ4n) is 1.78. The molecule has 0 unspecified atom stereocenters. The van der Waals surface area contributed by atoms with Gasteiger partial charge in [0, 0.05) is 11.3 Å². The molecule has 0 radical (unpaired) electrons. The molecule has 0 heterocycles. The van der Waals surface area contributed by atoms with Crippen LogP contribution in [0.5, 0.6) is 0 Å². The Morgan fingerprint density at radius 1 is 0.905 bits per heavy atom. The molecule has 0 aromatic heterocycles. The number of carboxylic acids is 1. The van der Waals surface area contributed by atoms with Crippen molar-refractivity contribution in [1.29, 1.82) is 0 Å². The molecule has 21 heavy (non-hydrogen) atoms. The Labute approximate surface area is 121 Å². The number of carbonyl (C=O) groups excluding carboxylic acids is 1. The predicted octanol–water partition coefficient (Wildman–Crippen LogP) is 3.43. The molecule has 2 aromatic carbocycles. The van der Waals surface area contributed by atoms with Gasteiger partial charge in [0.2, 0.25) is 0 Å². The number of nitrogens with one attached hydrogen (secondary N) is 2. The average Bonchev–Trinajstić information content (AvgIpc) is 2.48. The van der Waals surface area contributed by atoms with Gasteiger partial charge in [0.05, 0.1) is 11.3 Å². The van der Waals surface area contributed by atoms with Crippen LogP contribution in [0.2, 0.25) is 0 Å². The van der Waals surface area contributed by atoms with E-state index in [4.69, 9.17) is 5.11 Å². The van der Waals surface area contributed by atoms with E-state index in [1.165, 1.54) is 0 Å². The Kier molecular flexibility index (Phi) is 4.36. The molecule has 0 saturated carbocycles. The standard InChI is InChI=1S/C16H14N2O3/c1-11(15(19)20)13-9-5-6-10-14(13)18-16(21)17-12-7-3-2-4-8-12/h2-10H,1H2,(H,19,20)(H2,17,18,21). The van der Waals surface area contributed by atoms with Crippen LogP contribution in [0.15, 0.2) is 61.2 Å². The first-order valence-electron chi connectivity index (χ1n) is 6.22. The molecular formula is C16H14N2O3. The van der Waals surface area contributed by atoms with E-state index in [2.05, 4.69) is 17.2 Å². The number of benzene rings is 2. The van der Waals surface area contributed by atoms with Gasteiger partial charge in [-0.15, -0.1) is 0 Å². The molecule has 3 N–H and O–H groups in total. The molecule has 5 heteroatoms. The zero-order chi connectivity index (χ0) is 15.2. The van der Waals surface area contributed by atoms with Gasteiger partial charge in [0.15, 0.2) is 0 Å². The molecule has 0 aliphatic carbocycles. The van der Waals surface area contributed by atoms with Crippen LogP contribution in [0.1, 0.15) is 5.56 Å². The number of urea groups is 1. The van der Waals surface area contributed by atoms with Crippen LogP contribution in [-0.2, 0) is 4.79 Å². The van der Waals surface area contributed by atoms with Crippen molar-refractivity contribution in [3.05, 3.63) is 66.7 Å². The summed E-state index contributed by atoms with van der Waals surface area (Å²) < 4.78 is 0. The first kappa shape index (κ1) is 14.3. The summed E-state index contributed by atoms with van der Waals surface area (Å²) in [4.78, 5) is 22.9. The van der Waals surface area contributed by atoms with Crippen molar-refractivity contribution in [3.8, 4) is 0 Å². The number of amides is 2. The number of para-hydroxylation sites is 2. The third-order valence-electron chi connectivity index (χ3n) is 2.79. The number of carboxylic acid groups (broad SMARTS) is 1. The SMILES string of the molecule is C=C(C(=O)O)c1ccccc1NC(=O)Nc1ccccc1. The summed E-state index contributed by atoms with van der Waals surface area (Å²) in [5, 5.41) is 14.3. The molecule has 0 saturated heterocycles. The summed E-state index contributed by atoms with van der Waals surface area (Å²) in [7, 11) is 0. The van der Waals surface area contributed by atoms with Crippen molar-refractivity contribution >= 4 is 28.9 Å². The number of carbonyl (C=O) groups is 2. The Balaban J connectivity index is 2.14. The van der Waals surface area contributed by atoms with E-state index in [1.807, 2.05) is 6.07 Å². The minimum atomic E-state index is -1.13. The lowest BCUT2D eigenvalue weighted by Crippen LogP contribution is -2.20. The van der Waals surface area contributed by atoms with E-state index in [0.29, 0.717) is 16.9 Å². The highest BCUT2D eigenvalue weighted by Gasteiger charge is 2.13. The van der Waals surface area contributed by atoms with Crippen LogP contribution in [0.25, 0.3) is 5.57 Å². The van der Waals surface area contributed by atoms with Crippen molar-refractivity contribution in [2.24, 2.45) is 0 Å². The van der Waals surface area contributed by atoms with E-state index in [0.717, 1.165) is 0 Å². The van der Waals surface area contributed by atoms with E-state index >= 15 is 0 Å². The molecule has 106 valence electrons. The third kappa shape index (κ3) is 3.70. The first-order chi connectivity index (χ1) is 10.1. The molecule has 0 atom stereocenters. The van der Waals surface area contributed by atoms with Gasteiger partial charge in [0.25, 0.3) is 0 Å². The normalized spacial score (nSPS) is 9.71. The number of aliphatic carboxylic acids is 1. The fraction of sp³-hybridized carbons (Fsp3) is 0. The number of anilines is 2. The minimum absolute atomic E-state index is 0.0781. The maximum atomic E-state index is 11.9. The van der Waals surface area contributed by atoms with Crippen molar-refractivity contribution < 1.29 is 14.7 Å². The largest absolute Gasteiger partial charge is 0.478 e. The quantitative estimate of drug-likeness (QED) is 0.752. The Morgan fingerprint density at radius 3 is 2.19 bits per heavy atom. The van der Waals surface area contributed by atoms with Gasteiger partial charge in [-0.3, -0.25) is 0 Å². The number of hydrogen-bond donors (Lipinski definition) is 3. The molecule has 5 nitrogen and oxygen atoms in total. The van der Waals surface area contributed by atoms with Gasteiger partial charge in [-0.2, -0.15) is 0 Å². The van der Waals surface area contributed by atoms with Gasteiger partial charge < -0.3 is 15.7 Å². The van der Waals surface area contributed by atoms with Crippen LogP contribution in [-0.4, -0.2) is 17.1 Å². The smallest absolute Gasteiger partial charge is 0.335 e. The highest BCUT2D eigenvalue weighted by Crippen LogP contribution is 2.23. The second-order valence-corrected chi connectivity index (χ2v) is 4.27. The Bertz CT molecular complexity index is 681. The van der Waals surface area contributed by atoms with Gasteiger partial charge >= 0.3 is 12.0 Å². The highest BCUT2D eigenvalue weighted by atomic mass is 16.4. The van der Waals surface area contributed by atoms with Crippen LogP contribution >= 0.6 is 0 Å². The molecule has 2 aromatic rings. The van der Waals surface area contributed by atoms with Crippen LogP contribution in [0, 0.1) is 0 Å².